The molecule has 0 saturated carbocycles. The largest absolute Gasteiger partial charge is 0.366 e. The van der Waals surface area contributed by atoms with Crippen molar-refractivity contribution >= 4 is 39.2 Å². The lowest BCUT2D eigenvalue weighted by atomic mass is 10.0. The van der Waals surface area contributed by atoms with Crippen LogP contribution in [0.3, 0.4) is 0 Å². The molecule has 6 aromatic rings. The first-order chi connectivity index (χ1) is 20.1. The monoisotopic (exact) mass is 542 g/mol. The van der Waals surface area contributed by atoms with Crippen LogP contribution in [0.1, 0.15) is 5.56 Å². The van der Waals surface area contributed by atoms with Gasteiger partial charge in [0, 0.05) is 43.3 Å². The van der Waals surface area contributed by atoms with Crippen molar-refractivity contribution in [3.8, 4) is 22.6 Å². The molecule has 2 aromatic carbocycles. The number of rotatable bonds is 6. The van der Waals surface area contributed by atoms with Crippen LogP contribution < -0.4 is 10.2 Å². The molecule has 1 radical (unpaired) electrons. The molecule has 4 aromatic heterocycles. The zero-order chi connectivity index (χ0) is 27.8. The van der Waals surface area contributed by atoms with Crippen molar-refractivity contribution in [1.29, 1.82) is 0 Å². The van der Waals surface area contributed by atoms with Crippen molar-refractivity contribution < 1.29 is 4.79 Å². The lowest BCUT2D eigenvalue weighted by Crippen LogP contribution is -2.44. The molecule has 1 amide bonds. The average Bonchev–Trinajstić information content (AvgIpc) is 3.62. The molecule has 10 heteroatoms. The fraction of sp³-hybridized carbons (Fsp3) is 0.194. The van der Waals surface area contributed by atoms with Crippen LogP contribution in [0.25, 0.3) is 44.6 Å². The predicted molar refractivity (Wildman–Crippen MR) is 160 cm³/mol. The Balaban J connectivity index is 1.18. The minimum absolute atomic E-state index is 0.116. The third-order valence-corrected chi connectivity index (χ3v) is 7.49. The highest BCUT2D eigenvalue weighted by Gasteiger charge is 2.20. The minimum atomic E-state index is -0.116. The number of carbonyl (C=O) groups is 1. The van der Waals surface area contributed by atoms with Crippen molar-refractivity contribution in [2.75, 3.05) is 43.4 Å². The molecule has 3 N–H and O–H groups in total. The van der Waals surface area contributed by atoms with Crippen molar-refractivity contribution in [3.63, 3.8) is 0 Å². The van der Waals surface area contributed by atoms with Gasteiger partial charge in [0.2, 0.25) is 5.91 Å². The van der Waals surface area contributed by atoms with Gasteiger partial charge in [-0.25, -0.2) is 4.98 Å². The summed E-state index contributed by atoms with van der Waals surface area (Å²) in [4.78, 5) is 34.5. The number of fused-ring (bicyclic) bond motifs is 2. The number of H-pyrrole nitrogens is 2. The second kappa shape index (κ2) is 10.5. The minimum Gasteiger partial charge on any atom is -0.366 e. The van der Waals surface area contributed by atoms with E-state index in [4.69, 9.17) is 4.98 Å². The molecule has 7 rings (SSSR count). The van der Waals surface area contributed by atoms with E-state index in [1.807, 2.05) is 48.8 Å². The summed E-state index contributed by atoms with van der Waals surface area (Å²) in [6.07, 6.45) is 7.40. The van der Waals surface area contributed by atoms with Gasteiger partial charge < -0.3 is 20.1 Å². The van der Waals surface area contributed by atoms with Gasteiger partial charge in [-0.3, -0.25) is 19.9 Å². The highest BCUT2D eigenvalue weighted by molar-refractivity contribution is 5.98. The van der Waals surface area contributed by atoms with Crippen molar-refractivity contribution in [2.24, 2.45) is 0 Å². The van der Waals surface area contributed by atoms with Gasteiger partial charge in [0.15, 0.2) is 5.82 Å². The van der Waals surface area contributed by atoms with Gasteiger partial charge in [-0.1, -0.05) is 30.3 Å². The first-order valence-electron chi connectivity index (χ1n) is 13.6. The van der Waals surface area contributed by atoms with Gasteiger partial charge in [-0.15, -0.1) is 0 Å². The highest BCUT2D eigenvalue weighted by atomic mass is 16.1. The molecule has 10 nitrogen and oxygen atoms in total. The Hall–Kier alpha value is -5.09. The lowest BCUT2D eigenvalue weighted by Gasteiger charge is -2.33. The molecule has 0 unspecified atom stereocenters. The zero-order valence-corrected chi connectivity index (χ0v) is 22.6. The summed E-state index contributed by atoms with van der Waals surface area (Å²) in [5.41, 5.74) is 7.76. The van der Waals surface area contributed by atoms with Gasteiger partial charge in [0.05, 0.1) is 47.4 Å². The second-order valence-corrected chi connectivity index (χ2v) is 10.3. The van der Waals surface area contributed by atoms with Gasteiger partial charge in [-0.2, -0.15) is 5.10 Å². The number of hydrogen-bond acceptors (Lipinski definition) is 7. The smallest absolute Gasteiger partial charge is 0.228 e. The molecule has 0 bridgehead atoms. The van der Waals surface area contributed by atoms with E-state index in [-0.39, 0.29) is 12.3 Å². The number of imidazole rings is 1. The maximum Gasteiger partial charge on any atom is 0.228 e. The van der Waals surface area contributed by atoms with Crippen LogP contribution in [0.4, 0.5) is 11.4 Å². The number of nitrogens with one attached hydrogen (secondary N) is 3. The van der Waals surface area contributed by atoms with Crippen LogP contribution in [-0.2, 0) is 11.2 Å². The highest BCUT2D eigenvalue weighted by Crippen LogP contribution is 2.33. The molecule has 5 heterocycles. The van der Waals surface area contributed by atoms with Gasteiger partial charge in [-0.05, 0) is 42.4 Å². The molecule has 203 valence electrons. The number of carbonyl (C=O) groups excluding carboxylic acids is 1. The number of aromatic amines is 2. The van der Waals surface area contributed by atoms with Crippen molar-refractivity contribution in [2.45, 2.75) is 6.42 Å². The quantitative estimate of drug-likeness (QED) is 0.287. The summed E-state index contributed by atoms with van der Waals surface area (Å²) in [5, 5.41) is 11.6. The molecular weight excluding hydrogens is 514 g/mol. The van der Waals surface area contributed by atoms with Crippen LogP contribution in [0.2, 0.25) is 0 Å². The molecule has 1 saturated heterocycles. The van der Waals surface area contributed by atoms with E-state index in [1.165, 1.54) is 0 Å². The average molecular weight is 543 g/mol. The van der Waals surface area contributed by atoms with Crippen LogP contribution >= 0.6 is 0 Å². The maximum atomic E-state index is 12.6. The predicted octanol–water partition coefficient (Wildman–Crippen LogP) is 4.30. The Labute approximate surface area is 236 Å². The second-order valence-electron chi connectivity index (χ2n) is 10.3. The number of piperazine rings is 1. The third kappa shape index (κ3) is 5.01. The Kier molecular flexibility index (Phi) is 6.36. The van der Waals surface area contributed by atoms with Crippen LogP contribution in [-0.4, -0.2) is 74.2 Å². The fourth-order valence-corrected chi connectivity index (χ4v) is 5.27. The van der Waals surface area contributed by atoms with E-state index in [9.17, 15) is 4.79 Å². The third-order valence-electron chi connectivity index (χ3n) is 7.49. The van der Waals surface area contributed by atoms with E-state index >= 15 is 0 Å². The van der Waals surface area contributed by atoms with Crippen molar-refractivity contribution in [1.82, 2.24) is 35.0 Å². The number of anilines is 2. The van der Waals surface area contributed by atoms with E-state index in [1.54, 1.807) is 18.5 Å². The van der Waals surface area contributed by atoms with Gasteiger partial charge >= 0.3 is 0 Å². The maximum absolute atomic E-state index is 12.6. The Morgan fingerprint density at radius 2 is 1.85 bits per heavy atom. The number of amides is 1. The van der Waals surface area contributed by atoms with E-state index < -0.39 is 0 Å². The molecule has 0 atom stereocenters. The molecule has 1 aliphatic rings. The van der Waals surface area contributed by atoms with Gasteiger partial charge in [0.25, 0.3) is 0 Å². The molecular formula is C31H28N9O. The number of hydrogen-bond donors (Lipinski definition) is 3. The zero-order valence-electron chi connectivity index (χ0n) is 22.6. The fourth-order valence-electron chi connectivity index (χ4n) is 5.27. The number of aromatic nitrogens is 6. The Morgan fingerprint density at radius 1 is 0.976 bits per heavy atom. The summed E-state index contributed by atoms with van der Waals surface area (Å²) in [7, 11) is 2.15. The topological polar surface area (TPSA) is 119 Å². The number of nitrogens with zero attached hydrogens (tertiary/aromatic N) is 6. The Bertz CT molecular complexity index is 1850. The van der Waals surface area contributed by atoms with Gasteiger partial charge in [0.1, 0.15) is 11.2 Å². The molecule has 0 aliphatic carbocycles. The van der Waals surface area contributed by atoms with Crippen LogP contribution in [0.5, 0.6) is 0 Å². The molecule has 41 heavy (non-hydrogen) atoms. The number of benzene rings is 2. The van der Waals surface area contributed by atoms with E-state index in [2.05, 4.69) is 59.4 Å². The summed E-state index contributed by atoms with van der Waals surface area (Å²) in [6, 6.07) is 18.6. The van der Waals surface area contributed by atoms with E-state index in [0.717, 1.165) is 76.2 Å². The summed E-state index contributed by atoms with van der Waals surface area (Å²) in [5.74, 6) is 0.568. The standard InChI is InChI=1S/C31H28N9O/c1-39-9-11-40(12-10-39)27-19-33-18-26-30(27)36-31(35-26)29-24-15-21(7-8-25(24)37-38-29)22-14-23(17-32-16-22)34-28(41)13-20-5-3-2-4-6-20/h2-5,7-8,14-19H,9-13H2,1H3,(H,34,41)(H,35,36)(H,37,38). The molecule has 1 aliphatic heterocycles. The normalized spacial score (nSPS) is 14.1. The summed E-state index contributed by atoms with van der Waals surface area (Å²) < 4.78 is 0. The summed E-state index contributed by atoms with van der Waals surface area (Å²) in [6.45, 7) is 3.89. The SMILES string of the molecule is CN1CCN(c2cncc3[nH]c(-c4n[nH]c5ccc(-c6cncc(NC(=O)Cc7[c]cccc7)c6)cc45)nc23)CC1. The Morgan fingerprint density at radius 3 is 2.71 bits per heavy atom. The first kappa shape index (κ1) is 24.9. The lowest BCUT2D eigenvalue weighted by molar-refractivity contribution is -0.115. The summed E-state index contributed by atoms with van der Waals surface area (Å²) >= 11 is 0. The number of pyridine rings is 2. The van der Waals surface area contributed by atoms with E-state index in [0.29, 0.717) is 11.5 Å². The van der Waals surface area contributed by atoms with Crippen LogP contribution in [0.15, 0.2) is 73.3 Å². The molecule has 0 spiro atoms. The number of likely N-dealkylation sites (N-methyl/N-ethyl adjacent to an activating group) is 1. The first-order valence-corrected chi connectivity index (χ1v) is 13.6. The van der Waals surface area contributed by atoms with Crippen LogP contribution in [0, 0.1) is 6.07 Å². The molecule has 1 fully saturated rings. The van der Waals surface area contributed by atoms with Crippen molar-refractivity contribution in [3.05, 3.63) is 84.9 Å².